The molecule has 2 nitrogen and oxygen atoms in total. The fourth-order valence-electron chi connectivity index (χ4n) is 3.76. The van der Waals surface area contributed by atoms with Gasteiger partial charge in [-0.25, -0.2) is 0 Å². The molecule has 2 heteroatoms. The molecule has 0 aliphatic carbocycles. The molecule has 0 fully saturated rings. The largest absolute Gasteiger partial charge is 0.374 e. The van der Waals surface area contributed by atoms with E-state index in [4.69, 9.17) is 0 Å². The topological polar surface area (TPSA) is 8.17 Å². The van der Waals surface area contributed by atoms with Crippen molar-refractivity contribution in [1.29, 1.82) is 0 Å². The van der Waals surface area contributed by atoms with Gasteiger partial charge in [-0.2, -0.15) is 0 Å². The van der Waals surface area contributed by atoms with E-state index in [1.807, 2.05) is 0 Å². The summed E-state index contributed by atoms with van der Waals surface area (Å²) in [4.78, 5) is 2.34. The first-order chi connectivity index (χ1) is 13.0. The Kier molecular flexibility index (Phi) is 5.36. The summed E-state index contributed by atoms with van der Waals surface area (Å²) in [6.45, 7) is 14.7. The van der Waals surface area contributed by atoms with Gasteiger partial charge in [0.05, 0.1) is 0 Å². The first-order valence-corrected chi connectivity index (χ1v) is 10.4. The molecule has 1 aliphatic rings. The Hall–Kier alpha value is -2.22. The van der Waals surface area contributed by atoms with Crippen molar-refractivity contribution >= 4 is 16.6 Å². The van der Waals surface area contributed by atoms with Crippen LogP contribution in [0.2, 0.25) is 0 Å². The Labute approximate surface area is 171 Å². The summed E-state index contributed by atoms with van der Waals surface area (Å²) < 4.78 is 2.17. The van der Waals surface area contributed by atoms with E-state index in [2.05, 4.69) is 114 Å². The third-order valence-corrected chi connectivity index (χ3v) is 5.83. The number of anilines is 1. The van der Waals surface area contributed by atoms with Crippen LogP contribution in [-0.2, 0) is 24.3 Å². The van der Waals surface area contributed by atoms with Crippen molar-refractivity contribution in [2.24, 2.45) is 7.05 Å². The molecule has 28 heavy (non-hydrogen) atoms. The molecule has 0 radical (unpaired) electrons. The number of aromatic nitrogens is 1. The number of rotatable bonds is 0. The van der Waals surface area contributed by atoms with Crippen LogP contribution in [0.1, 0.15) is 58.2 Å². The van der Waals surface area contributed by atoms with Gasteiger partial charge in [0.15, 0.2) is 0 Å². The van der Waals surface area contributed by atoms with Crippen molar-refractivity contribution in [3.8, 4) is 0 Å². The summed E-state index contributed by atoms with van der Waals surface area (Å²) >= 11 is 0. The van der Waals surface area contributed by atoms with Crippen LogP contribution in [0.5, 0.6) is 0 Å². The SMILES string of the molecule is CN1CCc2cc(C(C)(C)C)ccc21.Cn1ccc2ccc(C(C)(C)C)cc21. The maximum Gasteiger partial charge on any atom is 0.0480 e. The maximum absolute atomic E-state index is 2.37. The smallest absolute Gasteiger partial charge is 0.0480 e. The highest BCUT2D eigenvalue weighted by Crippen LogP contribution is 2.31. The predicted molar refractivity (Wildman–Crippen MR) is 124 cm³/mol. The number of benzene rings is 2. The van der Waals surface area contributed by atoms with Crippen molar-refractivity contribution in [3.05, 3.63) is 65.4 Å². The fraction of sp³-hybridized carbons (Fsp3) is 0.462. The van der Waals surface area contributed by atoms with E-state index < -0.39 is 0 Å². The summed E-state index contributed by atoms with van der Waals surface area (Å²) in [6.07, 6.45) is 3.31. The molecule has 3 aromatic rings. The second-order valence-corrected chi connectivity index (χ2v) is 10.2. The maximum atomic E-state index is 2.37. The Morgan fingerprint density at radius 2 is 1.36 bits per heavy atom. The van der Waals surface area contributed by atoms with E-state index in [-0.39, 0.29) is 10.8 Å². The molecule has 2 heterocycles. The van der Waals surface area contributed by atoms with Gasteiger partial charge in [0.1, 0.15) is 0 Å². The zero-order valence-electron chi connectivity index (χ0n) is 18.9. The van der Waals surface area contributed by atoms with Crippen LogP contribution in [0, 0.1) is 0 Å². The number of nitrogens with zero attached hydrogens (tertiary/aromatic N) is 2. The number of likely N-dealkylation sites (N-methyl/N-ethyl adjacent to an activating group) is 1. The van der Waals surface area contributed by atoms with Crippen LogP contribution < -0.4 is 4.90 Å². The second kappa shape index (κ2) is 7.31. The van der Waals surface area contributed by atoms with E-state index in [1.165, 1.54) is 46.2 Å². The quantitative estimate of drug-likeness (QED) is 0.437. The van der Waals surface area contributed by atoms with Crippen LogP contribution in [0.15, 0.2) is 48.7 Å². The molecule has 0 unspecified atom stereocenters. The molecule has 0 atom stereocenters. The van der Waals surface area contributed by atoms with Crippen molar-refractivity contribution in [2.45, 2.75) is 58.8 Å². The molecule has 2 aromatic carbocycles. The van der Waals surface area contributed by atoms with Crippen LogP contribution in [0.3, 0.4) is 0 Å². The molecule has 0 N–H and O–H groups in total. The van der Waals surface area contributed by atoms with Gasteiger partial charge in [0.2, 0.25) is 0 Å². The normalized spacial score (nSPS) is 14.1. The van der Waals surface area contributed by atoms with Gasteiger partial charge >= 0.3 is 0 Å². The highest BCUT2D eigenvalue weighted by molar-refractivity contribution is 5.81. The minimum atomic E-state index is 0.235. The fourth-order valence-corrected chi connectivity index (χ4v) is 3.76. The lowest BCUT2D eigenvalue weighted by atomic mass is 9.86. The molecule has 0 bridgehead atoms. The summed E-state index contributed by atoms with van der Waals surface area (Å²) in [5, 5.41) is 1.32. The molecular formula is C26H36N2. The zero-order valence-corrected chi connectivity index (χ0v) is 18.9. The van der Waals surface area contributed by atoms with Crippen LogP contribution >= 0.6 is 0 Å². The van der Waals surface area contributed by atoms with Crippen LogP contribution in [0.4, 0.5) is 5.69 Å². The summed E-state index contributed by atoms with van der Waals surface area (Å²) in [6, 6.07) is 15.8. The number of hydrogen-bond donors (Lipinski definition) is 0. The van der Waals surface area contributed by atoms with Gasteiger partial charge in [0, 0.05) is 38.0 Å². The molecule has 150 valence electrons. The summed E-state index contributed by atoms with van der Waals surface area (Å²) in [7, 11) is 4.26. The third-order valence-electron chi connectivity index (χ3n) is 5.83. The Morgan fingerprint density at radius 3 is 2.00 bits per heavy atom. The average Bonchev–Trinajstić information content (AvgIpc) is 3.17. The van der Waals surface area contributed by atoms with Gasteiger partial charge in [-0.15, -0.1) is 0 Å². The van der Waals surface area contributed by atoms with Crippen LogP contribution in [-0.4, -0.2) is 18.2 Å². The minimum absolute atomic E-state index is 0.235. The molecule has 0 saturated heterocycles. The minimum Gasteiger partial charge on any atom is -0.374 e. The van der Waals surface area contributed by atoms with Gasteiger partial charge in [0.25, 0.3) is 0 Å². The number of fused-ring (bicyclic) bond motifs is 2. The van der Waals surface area contributed by atoms with Crippen molar-refractivity contribution in [1.82, 2.24) is 4.57 Å². The zero-order chi connectivity index (χ0) is 20.7. The monoisotopic (exact) mass is 376 g/mol. The lowest BCUT2D eigenvalue weighted by molar-refractivity contribution is 0.589. The average molecular weight is 377 g/mol. The molecule has 1 aromatic heterocycles. The van der Waals surface area contributed by atoms with Crippen molar-refractivity contribution < 1.29 is 0 Å². The van der Waals surface area contributed by atoms with E-state index in [0.29, 0.717) is 0 Å². The number of aryl methyl sites for hydroxylation is 1. The Morgan fingerprint density at radius 1 is 0.750 bits per heavy atom. The van der Waals surface area contributed by atoms with Crippen molar-refractivity contribution in [3.63, 3.8) is 0 Å². The Balaban J connectivity index is 0.000000161. The van der Waals surface area contributed by atoms with Gasteiger partial charge in [-0.05, 0) is 57.5 Å². The van der Waals surface area contributed by atoms with E-state index >= 15 is 0 Å². The third kappa shape index (κ3) is 4.27. The highest BCUT2D eigenvalue weighted by Gasteiger charge is 2.20. The van der Waals surface area contributed by atoms with Gasteiger partial charge < -0.3 is 9.47 Å². The van der Waals surface area contributed by atoms with E-state index in [1.54, 1.807) is 0 Å². The highest BCUT2D eigenvalue weighted by atomic mass is 15.1. The lowest BCUT2D eigenvalue weighted by Crippen LogP contribution is -2.13. The molecular weight excluding hydrogens is 340 g/mol. The summed E-state index contributed by atoms with van der Waals surface area (Å²) in [5.74, 6) is 0. The van der Waals surface area contributed by atoms with Crippen molar-refractivity contribution in [2.75, 3.05) is 18.5 Å². The Bertz CT molecular complexity index is 964. The first-order valence-electron chi connectivity index (χ1n) is 10.4. The molecule has 4 rings (SSSR count). The number of hydrogen-bond acceptors (Lipinski definition) is 1. The molecule has 0 saturated carbocycles. The van der Waals surface area contributed by atoms with Gasteiger partial charge in [-0.1, -0.05) is 65.8 Å². The summed E-state index contributed by atoms with van der Waals surface area (Å²) in [5.41, 5.74) is 7.60. The second-order valence-electron chi connectivity index (χ2n) is 10.2. The molecule has 0 amide bonds. The van der Waals surface area contributed by atoms with E-state index in [0.717, 1.165) is 0 Å². The van der Waals surface area contributed by atoms with Crippen LogP contribution in [0.25, 0.3) is 10.9 Å². The van der Waals surface area contributed by atoms with E-state index in [9.17, 15) is 0 Å². The van der Waals surface area contributed by atoms with Gasteiger partial charge in [-0.3, -0.25) is 0 Å². The lowest BCUT2D eigenvalue weighted by Gasteiger charge is -2.20. The molecule has 0 spiro atoms. The standard InChI is InChI=1S/C13H19N.C13H17N/c1-13(2,3)11-5-6-12-10(9-11)7-8-14(12)4;1-13(2,3)11-6-5-10-7-8-14(4)12(10)9-11/h5-6,9H,7-8H2,1-4H3;5-9H,1-4H3. The molecule has 1 aliphatic heterocycles. The predicted octanol–water partition coefficient (Wildman–Crippen LogP) is 6.45. The first kappa shape index (κ1) is 20.5.